The summed E-state index contributed by atoms with van der Waals surface area (Å²) < 4.78 is 0. The van der Waals surface area contributed by atoms with Gasteiger partial charge in [-0.15, -0.1) is 0 Å². The van der Waals surface area contributed by atoms with Gasteiger partial charge in [0.1, 0.15) is 12.1 Å². The van der Waals surface area contributed by atoms with Crippen molar-refractivity contribution in [1.29, 1.82) is 0 Å². The minimum atomic E-state index is -0.106. The van der Waals surface area contributed by atoms with Gasteiger partial charge in [0.15, 0.2) is 0 Å². The number of aliphatic hydroxyl groups is 1. The second-order valence-electron chi connectivity index (χ2n) is 6.75. The average molecular weight is 304 g/mol. The lowest BCUT2D eigenvalue weighted by molar-refractivity contribution is 0.00400. The lowest BCUT2D eigenvalue weighted by atomic mass is 9.87. The number of hydrogen-bond donors (Lipinski definition) is 2. The average Bonchev–Trinajstić information content (AvgIpc) is 2.56. The number of rotatable bonds is 4. The maximum absolute atomic E-state index is 10.2. The fourth-order valence-electron chi connectivity index (χ4n) is 3.95. The number of aliphatic hydroxyl groups excluding tert-OH is 1. The Balaban J connectivity index is 1.51. The molecule has 0 amide bonds. The predicted octanol–water partition coefficient (Wildman–Crippen LogP) is 2.08. The van der Waals surface area contributed by atoms with Gasteiger partial charge in [-0.3, -0.25) is 4.90 Å². The Bertz CT molecular complexity index is 473. The van der Waals surface area contributed by atoms with E-state index in [9.17, 15) is 5.11 Å². The summed E-state index contributed by atoms with van der Waals surface area (Å²) in [6, 6.07) is 2.46. The first kappa shape index (κ1) is 15.7. The molecule has 0 spiro atoms. The van der Waals surface area contributed by atoms with Gasteiger partial charge in [0.2, 0.25) is 0 Å². The highest BCUT2D eigenvalue weighted by molar-refractivity contribution is 5.33. The summed E-state index contributed by atoms with van der Waals surface area (Å²) in [5.41, 5.74) is 1.13. The van der Waals surface area contributed by atoms with E-state index in [2.05, 4.69) is 26.3 Å². The van der Waals surface area contributed by atoms with Crippen LogP contribution in [0.25, 0.3) is 0 Å². The molecule has 22 heavy (non-hydrogen) atoms. The standard InChI is InChI=1S/C17H28N4O/c1-18-17-11-14(19-12-20-17)10-13-6-8-21(9-7-13)15-4-2-3-5-16(15)22/h11-13,15-16,22H,2-10H2,1H3,(H,18,19,20)/t15-,16-/m0/s1. The minimum absolute atomic E-state index is 0.106. The molecule has 0 bridgehead atoms. The highest BCUT2D eigenvalue weighted by Crippen LogP contribution is 2.28. The summed E-state index contributed by atoms with van der Waals surface area (Å²) in [5, 5.41) is 13.3. The molecule has 0 aromatic carbocycles. The normalized spacial score (nSPS) is 27.7. The molecule has 3 rings (SSSR count). The van der Waals surface area contributed by atoms with Gasteiger partial charge >= 0.3 is 0 Å². The highest BCUT2D eigenvalue weighted by atomic mass is 16.3. The summed E-state index contributed by atoms with van der Waals surface area (Å²) in [6.45, 7) is 2.24. The Morgan fingerprint density at radius 3 is 2.68 bits per heavy atom. The number of nitrogens with one attached hydrogen (secondary N) is 1. The van der Waals surface area contributed by atoms with Gasteiger partial charge in [-0.1, -0.05) is 12.8 Å². The van der Waals surface area contributed by atoms with Crippen molar-refractivity contribution in [1.82, 2.24) is 14.9 Å². The molecule has 1 aromatic heterocycles. The molecule has 0 radical (unpaired) electrons. The van der Waals surface area contributed by atoms with Gasteiger partial charge in [-0.25, -0.2) is 9.97 Å². The van der Waals surface area contributed by atoms with E-state index in [1.165, 1.54) is 32.1 Å². The van der Waals surface area contributed by atoms with Gasteiger partial charge in [-0.05, 0) is 51.1 Å². The van der Waals surface area contributed by atoms with E-state index in [0.717, 1.165) is 37.4 Å². The predicted molar refractivity (Wildman–Crippen MR) is 87.8 cm³/mol. The SMILES string of the molecule is CNc1cc(CC2CCN([C@H]3CCCC[C@@H]3O)CC2)ncn1. The second kappa shape index (κ2) is 7.38. The topological polar surface area (TPSA) is 61.3 Å². The molecule has 5 nitrogen and oxygen atoms in total. The molecule has 2 aliphatic rings. The van der Waals surface area contributed by atoms with Gasteiger partial charge in [0, 0.05) is 24.8 Å². The lowest BCUT2D eigenvalue weighted by Crippen LogP contribution is -2.49. The summed E-state index contributed by atoms with van der Waals surface area (Å²) in [6.07, 6.45) is 9.62. The van der Waals surface area contributed by atoms with Crippen LogP contribution < -0.4 is 5.32 Å². The van der Waals surface area contributed by atoms with Crippen LogP contribution in [0.15, 0.2) is 12.4 Å². The molecule has 1 aliphatic heterocycles. The molecule has 5 heteroatoms. The van der Waals surface area contributed by atoms with Crippen LogP contribution in [0.3, 0.4) is 0 Å². The molecule has 122 valence electrons. The minimum Gasteiger partial charge on any atom is -0.391 e. The monoisotopic (exact) mass is 304 g/mol. The van der Waals surface area contributed by atoms with Gasteiger partial charge < -0.3 is 10.4 Å². The van der Waals surface area contributed by atoms with E-state index in [-0.39, 0.29) is 6.10 Å². The van der Waals surface area contributed by atoms with Crippen molar-refractivity contribution in [2.45, 2.75) is 57.1 Å². The molecule has 2 heterocycles. The Kier molecular flexibility index (Phi) is 5.26. The summed E-state index contributed by atoms with van der Waals surface area (Å²) in [4.78, 5) is 11.1. The summed E-state index contributed by atoms with van der Waals surface area (Å²) in [5.74, 6) is 1.60. The molecule has 1 saturated heterocycles. The van der Waals surface area contributed by atoms with E-state index in [4.69, 9.17) is 0 Å². The van der Waals surface area contributed by atoms with Crippen LogP contribution in [-0.4, -0.2) is 52.3 Å². The zero-order valence-electron chi connectivity index (χ0n) is 13.5. The largest absolute Gasteiger partial charge is 0.391 e. The molecule has 2 atom stereocenters. The number of piperidine rings is 1. The van der Waals surface area contributed by atoms with Crippen LogP contribution in [0.5, 0.6) is 0 Å². The second-order valence-corrected chi connectivity index (χ2v) is 6.75. The zero-order valence-corrected chi connectivity index (χ0v) is 13.5. The smallest absolute Gasteiger partial charge is 0.129 e. The first-order chi connectivity index (χ1) is 10.8. The molecular formula is C17H28N4O. The Hall–Kier alpha value is -1.20. The molecule has 1 aliphatic carbocycles. The molecule has 2 N–H and O–H groups in total. The first-order valence-corrected chi connectivity index (χ1v) is 8.67. The number of aromatic nitrogens is 2. The van der Waals surface area contributed by atoms with Crippen LogP contribution in [0.2, 0.25) is 0 Å². The fraction of sp³-hybridized carbons (Fsp3) is 0.765. The molecule has 1 aromatic rings. The number of anilines is 1. The van der Waals surface area contributed by atoms with Gasteiger partial charge in [-0.2, -0.15) is 0 Å². The molecule has 1 saturated carbocycles. The van der Waals surface area contributed by atoms with Crippen LogP contribution in [-0.2, 0) is 6.42 Å². The Labute approximate surface area is 133 Å². The van der Waals surface area contributed by atoms with Gasteiger partial charge in [0.05, 0.1) is 6.10 Å². The van der Waals surface area contributed by atoms with Crippen LogP contribution in [0.1, 0.15) is 44.2 Å². The number of likely N-dealkylation sites (tertiary alicyclic amines) is 1. The quantitative estimate of drug-likeness (QED) is 0.892. The van der Waals surface area contributed by atoms with E-state index in [1.54, 1.807) is 6.33 Å². The van der Waals surface area contributed by atoms with Crippen LogP contribution in [0, 0.1) is 5.92 Å². The third-order valence-electron chi connectivity index (χ3n) is 5.29. The maximum atomic E-state index is 10.2. The first-order valence-electron chi connectivity index (χ1n) is 8.67. The molecule has 0 unspecified atom stereocenters. The van der Waals surface area contributed by atoms with E-state index in [1.807, 2.05) is 7.05 Å². The van der Waals surface area contributed by atoms with Crippen molar-refractivity contribution in [2.75, 3.05) is 25.5 Å². The van der Waals surface area contributed by atoms with E-state index >= 15 is 0 Å². The van der Waals surface area contributed by atoms with E-state index < -0.39 is 0 Å². The number of hydrogen-bond acceptors (Lipinski definition) is 5. The van der Waals surface area contributed by atoms with Crippen molar-refractivity contribution in [3.05, 3.63) is 18.1 Å². The third kappa shape index (κ3) is 3.76. The Morgan fingerprint density at radius 1 is 1.18 bits per heavy atom. The summed E-state index contributed by atoms with van der Waals surface area (Å²) in [7, 11) is 1.89. The van der Waals surface area contributed by atoms with Crippen molar-refractivity contribution in [3.63, 3.8) is 0 Å². The third-order valence-corrected chi connectivity index (χ3v) is 5.29. The zero-order chi connectivity index (χ0) is 15.4. The van der Waals surface area contributed by atoms with Crippen LogP contribution in [0.4, 0.5) is 5.82 Å². The lowest BCUT2D eigenvalue weighted by Gasteiger charge is -2.41. The van der Waals surface area contributed by atoms with Crippen molar-refractivity contribution < 1.29 is 5.11 Å². The Morgan fingerprint density at radius 2 is 1.95 bits per heavy atom. The molecular weight excluding hydrogens is 276 g/mol. The number of nitrogens with zero attached hydrogens (tertiary/aromatic N) is 3. The van der Waals surface area contributed by atoms with Crippen molar-refractivity contribution >= 4 is 5.82 Å². The van der Waals surface area contributed by atoms with Crippen LogP contribution >= 0.6 is 0 Å². The van der Waals surface area contributed by atoms with Crippen molar-refractivity contribution in [3.8, 4) is 0 Å². The fourth-order valence-corrected chi connectivity index (χ4v) is 3.95. The summed E-state index contributed by atoms with van der Waals surface area (Å²) >= 11 is 0. The highest BCUT2D eigenvalue weighted by Gasteiger charge is 2.31. The van der Waals surface area contributed by atoms with Crippen molar-refractivity contribution in [2.24, 2.45) is 5.92 Å². The van der Waals surface area contributed by atoms with E-state index in [0.29, 0.717) is 12.0 Å². The maximum Gasteiger partial charge on any atom is 0.129 e. The van der Waals surface area contributed by atoms with Gasteiger partial charge in [0.25, 0.3) is 0 Å². The molecule has 2 fully saturated rings.